The molecule has 100 valence electrons. The first-order chi connectivity index (χ1) is 8.88. The number of carbonyl (C=O) groups excluding carboxylic acids is 1. The molecule has 0 aliphatic rings. The molecule has 0 fully saturated rings. The van der Waals surface area contributed by atoms with Crippen molar-refractivity contribution in [1.82, 2.24) is 0 Å². The van der Waals surface area contributed by atoms with Gasteiger partial charge in [0.15, 0.2) is 0 Å². The van der Waals surface area contributed by atoms with Gasteiger partial charge < -0.3 is 5.32 Å². The number of nitrogens with one attached hydrogen (secondary N) is 1. The molecule has 2 nitrogen and oxygen atoms in total. The predicted octanol–water partition coefficient (Wildman–Crippen LogP) is 4.61. The summed E-state index contributed by atoms with van der Waals surface area (Å²) in [5.41, 5.74) is 2.05. The van der Waals surface area contributed by atoms with Crippen LogP contribution in [-0.2, 0) is 5.41 Å². The third kappa shape index (κ3) is 3.24. The highest BCUT2D eigenvalue weighted by Crippen LogP contribution is 2.29. The SMILES string of the molecule is Cc1ccc(C(=O)Nc2ccccc2C(C)(C)C)s1. The summed E-state index contributed by atoms with van der Waals surface area (Å²) in [5, 5.41) is 3.02. The van der Waals surface area contributed by atoms with Gasteiger partial charge >= 0.3 is 0 Å². The van der Waals surface area contributed by atoms with Gasteiger partial charge in [-0.2, -0.15) is 0 Å². The molecule has 1 amide bonds. The van der Waals surface area contributed by atoms with E-state index in [1.165, 1.54) is 11.3 Å². The van der Waals surface area contributed by atoms with Gasteiger partial charge in [-0.05, 0) is 36.1 Å². The molecule has 2 aromatic rings. The van der Waals surface area contributed by atoms with Crippen LogP contribution >= 0.6 is 11.3 Å². The zero-order valence-corrected chi connectivity index (χ0v) is 12.6. The fourth-order valence-corrected chi connectivity index (χ4v) is 2.75. The lowest BCUT2D eigenvalue weighted by atomic mass is 9.86. The van der Waals surface area contributed by atoms with Crippen LogP contribution in [0.4, 0.5) is 5.69 Å². The van der Waals surface area contributed by atoms with Gasteiger partial charge in [-0.25, -0.2) is 0 Å². The molecule has 0 radical (unpaired) electrons. The molecule has 19 heavy (non-hydrogen) atoms. The highest BCUT2D eigenvalue weighted by molar-refractivity contribution is 7.14. The second kappa shape index (κ2) is 5.17. The summed E-state index contributed by atoms with van der Waals surface area (Å²) < 4.78 is 0. The van der Waals surface area contributed by atoms with Crippen LogP contribution in [0.1, 0.15) is 40.9 Å². The highest BCUT2D eigenvalue weighted by atomic mass is 32.1. The Balaban J connectivity index is 2.27. The first-order valence-electron chi connectivity index (χ1n) is 6.35. The van der Waals surface area contributed by atoms with Crippen LogP contribution < -0.4 is 5.32 Å². The van der Waals surface area contributed by atoms with Gasteiger partial charge in [-0.3, -0.25) is 4.79 Å². The topological polar surface area (TPSA) is 29.1 Å². The van der Waals surface area contributed by atoms with Gasteiger partial charge in [0.2, 0.25) is 0 Å². The molecule has 0 atom stereocenters. The Morgan fingerprint density at radius 3 is 2.37 bits per heavy atom. The quantitative estimate of drug-likeness (QED) is 0.850. The van der Waals surface area contributed by atoms with Crippen molar-refractivity contribution >= 4 is 22.9 Å². The third-order valence-electron chi connectivity index (χ3n) is 2.95. The van der Waals surface area contributed by atoms with E-state index in [0.29, 0.717) is 0 Å². The van der Waals surface area contributed by atoms with Gasteiger partial charge in [-0.15, -0.1) is 11.3 Å². The molecule has 1 aromatic carbocycles. The van der Waals surface area contributed by atoms with Gasteiger partial charge in [0.05, 0.1) is 4.88 Å². The second-order valence-electron chi connectivity index (χ2n) is 5.66. The minimum Gasteiger partial charge on any atom is -0.321 e. The van der Waals surface area contributed by atoms with E-state index >= 15 is 0 Å². The number of thiophene rings is 1. The molecule has 0 unspecified atom stereocenters. The largest absolute Gasteiger partial charge is 0.321 e. The summed E-state index contributed by atoms with van der Waals surface area (Å²) in [7, 11) is 0. The third-order valence-corrected chi connectivity index (χ3v) is 3.95. The van der Waals surface area contributed by atoms with Crippen LogP contribution in [-0.4, -0.2) is 5.91 Å². The van der Waals surface area contributed by atoms with E-state index in [0.717, 1.165) is 21.0 Å². The van der Waals surface area contributed by atoms with Crippen LogP contribution in [0.15, 0.2) is 36.4 Å². The molecule has 3 heteroatoms. The van der Waals surface area contributed by atoms with E-state index < -0.39 is 0 Å². The highest BCUT2D eigenvalue weighted by Gasteiger charge is 2.19. The average molecular weight is 273 g/mol. The number of hydrogen-bond acceptors (Lipinski definition) is 2. The maximum absolute atomic E-state index is 12.2. The maximum atomic E-state index is 12.2. The van der Waals surface area contributed by atoms with Crippen LogP contribution in [0.25, 0.3) is 0 Å². The van der Waals surface area contributed by atoms with E-state index in [2.05, 4.69) is 32.2 Å². The maximum Gasteiger partial charge on any atom is 0.265 e. The Labute approximate surface area is 118 Å². The minimum absolute atomic E-state index is 0.00917. The summed E-state index contributed by atoms with van der Waals surface area (Å²) >= 11 is 1.52. The van der Waals surface area contributed by atoms with E-state index in [9.17, 15) is 4.79 Å². The van der Waals surface area contributed by atoms with Crippen LogP contribution in [0, 0.1) is 6.92 Å². The Bertz CT molecular complexity index is 593. The van der Waals surface area contributed by atoms with Gasteiger partial charge in [0.25, 0.3) is 5.91 Å². The van der Waals surface area contributed by atoms with Crippen molar-refractivity contribution in [1.29, 1.82) is 0 Å². The number of benzene rings is 1. The van der Waals surface area contributed by atoms with E-state index in [4.69, 9.17) is 0 Å². The molecule has 0 bridgehead atoms. The Kier molecular flexibility index (Phi) is 3.76. The molecule has 2 rings (SSSR count). The molecule has 0 aliphatic carbocycles. The van der Waals surface area contributed by atoms with Crippen molar-refractivity contribution in [3.05, 3.63) is 51.7 Å². The molecule has 1 aromatic heterocycles. The lowest BCUT2D eigenvalue weighted by Gasteiger charge is -2.22. The Morgan fingerprint density at radius 1 is 1.11 bits per heavy atom. The summed E-state index contributed by atoms with van der Waals surface area (Å²) in [6, 6.07) is 11.8. The van der Waals surface area contributed by atoms with Gasteiger partial charge in [-0.1, -0.05) is 39.0 Å². The van der Waals surface area contributed by atoms with Gasteiger partial charge in [0, 0.05) is 10.6 Å². The van der Waals surface area contributed by atoms with Crippen LogP contribution in [0.5, 0.6) is 0 Å². The van der Waals surface area contributed by atoms with Crippen molar-refractivity contribution in [2.24, 2.45) is 0 Å². The molecule has 0 saturated carbocycles. The summed E-state index contributed by atoms with van der Waals surface area (Å²) in [6.07, 6.45) is 0. The monoisotopic (exact) mass is 273 g/mol. The fourth-order valence-electron chi connectivity index (χ4n) is 1.99. The summed E-state index contributed by atoms with van der Waals surface area (Å²) in [6.45, 7) is 8.44. The first-order valence-corrected chi connectivity index (χ1v) is 7.17. The normalized spacial score (nSPS) is 11.4. The predicted molar refractivity (Wildman–Crippen MR) is 82.2 cm³/mol. The lowest BCUT2D eigenvalue weighted by Crippen LogP contribution is -2.18. The molecular formula is C16H19NOS. The van der Waals surface area contributed by atoms with Crippen molar-refractivity contribution in [3.8, 4) is 0 Å². The van der Waals surface area contributed by atoms with Gasteiger partial charge in [0.1, 0.15) is 0 Å². The van der Waals surface area contributed by atoms with Crippen molar-refractivity contribution < 1.29 is 4.79 Å². The first kappa shape index (κ1) is 13.8. The Hall–Kier alpha value is -1.61. The molecule has 0 saturated heterocycles. The number of hydrogen-bond donors (Lipinski definition) is 1. The number of aryl methyl sites for hydroxylation is 1. The van der Waals surface area contributed by atoms with Crippen LogP contribution in [0.3, 0.4) is 0 Å². The fraction of sp³-hybridized carbons (Fsp3) is 0.312. The van der Waals surface area contributed by atoms with E-state index in [-0.39, 0.29) is 11.3 Å². The molecule has 0 spiro atoms. The standard InChI is InChI=1S/C16H19NOS/c1-11-9-10-14(19-11)15(18)17-13-8-6-5-7-12(13)16(2,3)4/h5-10H,1-4H3,(H,17,18). The summed E-state index contributed by atoms with van der Waals surface area (Å²) in [4.78, 5) is 14.1. The molecular weight excluding hydrogens is 254 g/mol. The number of anilines is 1. The van der Waals surface area contributed by atoms with Crippen molar-refractivity contribution in [2.75, 3.05) is 5.32 Å². The van der Waals surface area contributed by atoms with Crippen molar-refractivity contribution in [2.45, 2.75) is 33.1 Å². The number of rotatable bonds is 2. The number of amides is 1. The number of para-hydroxylation sites is 1. The van der Waals surface area contributed by atoms with E-state index in [1.807, 2.05) is 37.3 Å². The minimum atomic E-state index is -0.0326. The Morgan fingerprint density at radius 2 is 1.79 bits per heavy atom. The summed E-state index contributed by atoms with van der Waals surface area (Å²) in [5.74, 6) is -0.0326. The zero-order valence-electron chi connectivity index (χ0n) is 11.8. The van der Waals surface area contributed by atoms with Crippen molar-refractivity contribution in [3.63, 3.8) is 0 Å². The zero-order chi connectivity index (χ0) is 14.0. The molecule has 1 N–H and O–H groups in total. The van der Waals surface area contributed by atoms with E-state index in [1.54, 1.807) is 0 Å². The number of carbonyl (C=O) groups is 1. The average Bonchev–Trinajstić information content (AvgIpc) is 2.75. The molecule has 1 heterocycles. The second-order valence-corrected chi connectivity index (χ2v) is 6.95. The van der Waals surface area contributed by atoms with Crippen LogP contribution in [0.2, 0.25) is 0 Å². The molecule has 0 aliphatic heterocycles. The smallest absolute Gasteiger partial charge is 0.265 e. The lowest BCUT2D eigenvalue weighted by molar-refractivity contribution is 0.103.